The summed E-state index contributed by atoms with van der Waals surface area (Å²) in [5.41, 5.74) is -0.673. The monoisotopic (exact) mass is 503 g/mol. The summed E-state index contributed by atoms with van der Waals surface area (Å²) >= 11 is 0. The zero-order chi connectivity index (χ0) is 25.2. The minimum Gasteiger partial charge on any atom is -0.410 e. The van der Waals surface area contributed by atoms with Gasteiger partial charge in [0.2, 0.25) is 0 Å². The Hall–Kier alpha value is -2.03. The van der Waals surface area contributed by atoms with E-state index in [1.54, 1.807) is 6.08 Å². The number of aryl methyl sites for hydroxylation is 1. The molecular weight excluding hydrogens is 472 g/mol. The SMILES string of the molecule is FC(F)(F)OC1=CC=C[C@H]([C@]2(CCCCc3cncc(C(F)(F)F)c3)CCOC3(CCCC3)C2)C1. The lowest BCUT2D eigenvalue weighted by Gasteiger charge is -2.50. The van der Waals surface area contributed by atoms with Crippen LogP contribution in [0.5, 0.6) is 0 Å². The highest BCUT2D eigenvalue weighted by Crippen LogP contribution is 2.55. The average Bonchev–Trinajstić information content (AvgIpc) is 3.23. The van der Waals surface area contributed by atoms with Crippen molar-refractivity contribution in [2.75, 3.05) is 6.61 Å². The molecule has 2 atom stereocenters. The number of pyridine rings is 1. The third kappa shape index (κ3) is 6.60. The molecule has 0 N–H and O–H groups in total. The Morgan fingerprint density at radius 1 is 1.03 bits per heavy atom. The van der Waals surface area contributed by atoms with Gasteiger partial charge in [0.25, 0.3) is 0 Å². The molecule has 0 radical (unpaired) electrons. The first-order valence-corrected chi connectivity index (χ1v) is 12.3. The van der Waals surface area contributed by atoms with Crippen molar-refractivity contribution in [2.45, 2.75) is 88.8 Å². The molecule has 1 saturated heterocycles. The maximum absolute atomic E-state index is 13.0. The molecule has 3 aliphatic rings. The topological polar surface area (TPSA) is 31.4 Å². The maximum Gasteiger partial charge on any atom is 0.572 e. The summed E-state index contributed by atoms with van der Waals surface area (Å²) in [5, 5.41) is 0. The summed E-state index contributed by atoms with van der Waals surface area (Å²) < 4.78 is 88.1. The molecule has 0 bridgehead atoms. The third-order valence-electron chi connectivity index (χ3n) is 7.79. The number of rotatable bonds is 7. The quantitative estimate of drug-likeness (QED) is 0.280. The van der Waals surface area contributed by atoms with Crippen LogP contribution in [0.4, 0.5) is 26.3 Å². The van der Waals surface area contributed by atoms with Crippen LogP contribution in [0.25, 0.3) is 0 Å². The smallest absolute Gasteiger partial charge is 0.410 e. The zero-order valence-corrected chi connectivity index (χ0v) is 19.6. The molecule has 2 aliphatic carbocycles. The number of allylic oxidation sites excluding steroid dienone is 4. The number of alkyl halides is 6. The Morgan fingerprint density at radius 3 is 2.51 bits per heavy atom. The van der Waals surface area contributed by atoms with E-state index in [0.717, 1.165) is 63.6 Å². The van der Waals surface area contributed by atoms with Crippen LogP contribution >= 0.6 is 0 Å². The van der Waals surface area contributed by atoms with Crippen molar-refractivity contribution in [3.8, 4) is 0 Å². The van der Waals surface area contributed by atoms with Gasteiger partial charge >= 0.3 is 12.5 Å². The van der Waals surface area contributed by atoms with Crippen molar-refractivity contribution in [2.24, 2.45) is 11.3 Å². The van der Waals surface area contributed by atoms with E-state index in [9.17, 15) is 26.3 Å². The van der Waals surface area contributed by atoms with Crippen LogP contribution in [0.15, 0.2) is 42.4 Å². The first kappa shape index (κ1) is 26.0. The van der Waals surface area contributed by atoms with Gasteiger partial charge in [-0.15, -0.1) is 13.2 Å². The van der Waals surface area contributed by atoms with Crippen LogP contribution in [-0.2, 0) is 22.1 Å². The van der Waals surface area contributed by atoms with Crippen LogP contribution in [0.3, 0.4) is 0 Å². The normalized spacial score (nSPS) is 26.7. The third-order valence-corrected chi connectivity index (χ3v) is 7.79. The van der Waals surface area contributed by atoms with Gasteiger partial charge in [-0.2, -0.15) is 13.2 Å². The molecule has 4 rings (SSSR count). The molecule has 194 valence electrons. The van der Waals surface area contributed by atoms with Gasteiger partial charge in [-0.25, -0.2) is 0 Å². The number of hydrogen-bond donors (Lipinski definition) is 0. The summed E-state index contributed by atoms with van der Waals surface area (Å²) in [4.78, 5) is 3.73. The summed E-state index contributed by atoms with van der Waals surface area (Å²) in [7, 11) is 0. The van der Waals surface area contributed by atoms with Crippen molar-refractivity contribution in [3.05, 3.63) is 53.6 Å². The Bertz CT molecular complexity index is 933. The Balaban J connectivity index is 1.45. The fraction of sp³-hybridized carbons (Fsp3) is 0.654. The molecule has 3 nitrogen and oxygen atoms in total. The highest BCUT2D eigenvalue weighted by atomic mass is 19.4. The standard InChI is InChI=1S/C26H31F6NO2/c27-25(28,29)21-14-19(16-33-17-21)6-1-2-9-23(12-13-34-24(18-23)10-3-4-11-24)20-7-5-8-22(15-20)35-26(30,31)32/h5,7-8,14,16-17,20H,1-4,6,9-13,15,18H2/t20-,23+/m0/s1. The minimum absolute atomic E-state index is 0.0774. The van der Waals surface area contributed by atoms with Gasteiger partial charge in [0.15, 0.2) is 0 Å². The van der Waals surface area contributed by atoms with Crippen LogP contribution in [0, 0.1) is 11.3 Å². The first-order chi connectivity index (χ1) is 16.5. The van der Waals surface area contributed by atoms with Gasteiger partial charge in [-0.05, 0) is 74.0 Å². The predicted molar refractivity (Wildman–Crippen MR) is 118 cm³/mol. The Morgan fingerprint density at radius 2 is 1.80 bits per heavy atom. The second-order valence-corrected chi connectivity index (χ2v) is 10.2. The van der Waals surface area contributed by atoms with E-state index < -0.39 is 18.1 Å². The van der Waals surface area contributed by atoms with E-state index in [2.05, 4.69) is 9.72 Å². The fourth-order valence-electron chi connectivity index (χ4n) is 6.19. The van der Waals surface area contributed by atoms with E-state index in [1.807, 2.05) is 6.08 Å². The average molecular weight is 504 g/mol. The molecule has 0 unspecified atom stereocenters. The molecule has 1 aromatic heterocycles. The van der Waals surface area contributed by atoms with Gasteiger partial charge in [0, 0.05) is 25.4 Å². The van der Waals surface area contributed by atoms with Crippen molar-refractivity contribution >= 4 is 0 Å². The summed E-state index contributed by atoms with van der Waals surface area (Å²) in [5.74, 6) is -0.187. The minimum atomic E-state index is -4.73. The number of ether oxygens (including phenoxy) is 2. The van der Waals surface area contributed by atoms with E-state index in [-0.39, 0.29) is 29.1 Å². The Labute approximate surface area is 201 Å². The molecule has 2 fully saturated rings. The van der Waals surface area contributed by atoms with Crippen molar-refractivity contribution in [1.29, 1.82) is 0 Å². The summed E-state index contributed by atoms with van der Waals surface area (Å²) in [6.45, 7) is 0.570. The molecule has 9 heteroatoms. The molecule has 1 saturated carbocycles. The first-order valence-electron chi connectivity index (χ1n) is 12.3. The lowest BCUT2D eigenvalue weighted by Crippen LogP contribution is -2.47. The van der Waals surface area contributed by atoms with Crippen LogP contribution in [0.1, 0.15) is 75.3 Å². The van der Waals surface area contributed by atoms with Crippen molar-refractivity contribution in [3.63, 3.8) is 0 Å². The molecule has 1 aromatic rings. The van der Waals surface area contributed by atoms with Crippen LogP contribution in [0.2, 0.25) is 0 Å². The lowest BCUT2D eigenvalue weighted by atomic mass is 9.60. The Kier molecular flexibility index (Phi) is 7.55. The number of hydrogen-bond acceptors (Lipinski definition) is 3. The molecule has 0 aromatic carbocycles. The number of nitrogens with zero attached hydrogens (tertiary/aromatic N) is 1. The predicted octanol–water partition coefficient (Wildman–Crippen LogP) is 7.92. The van der Waals surface area contributed by atoms with E-state index in [4.69, 9.17) is 4.74 Å². The van der Waals surface area contributed by atoms with E-state index >= 15 is 0 Å². The molecule has 1 spiro atoms. The largest absolute Gasteiger partial charge is 0.572 e. The summed E-state index contributed by atoms with van der Waals surface area (Å²) in [6, 6.07) is 1.14. The molecule has 2 heterocycles. The second kappa shape index (κ2) is 10.1. The number of halogens is 6. The molecular formula is C26H31F6NO2. The highest BCUT2D eigenvalue weighted by Gasteiger charge is 2.50. The maximum atomic E-state index is 13.0. The molecule has 35 heavy (non-hydrogen) atoms. The molecule has 1 aliphatic heterocycles. The van der Waals surface area contributed by atoms with E-state index in [1.165, 1.54) is 12.3 Å². The molecule has 0 amide bonds. The second-order valence-electron chi connectivity index (χ2n) is 10.2. The highest BCUT2D eigenvalue weighted by molar-refractivity contribution is 5.21. The van der Waals surface area contributed by atoms with Gasteiger partial charge < -0.3 is 9.47 Å². The number of unbranched alkanes of at least 4 members (excludes halogenated alkanes) is 1. The van der Waals surface area contributed by atoms with Gasteiger partial charge in [0.05, 0.1) is 11.2 Å². The fourth-order valence-corrected chi connectivity index (χ4v) is 6.19. The lowest BCUT2D eigenvalue weighted by molar-refractivity contribution is -0.307. The van der Waals surface area contributed by atoms with Crippen LogP contribution < -0.4 is 0 Å². The van der Waals surface area contributed by atoms with Gasteiger partial charge in [0.1, 0.15) is 5.76 Å². The summed E-state index contributed by atoms with van der Waals surface area (Å²) in [6.07, 6.45) is 6.65. The number of aromatic nitrogens is 1. The van der Waals surface area contributed by atoms with Gasteiger partial charge in [-0.3, -0.25) is 4.98 Å². The van der Waals surface area contributed by atoms with Gasteiger partial charge in [-0.1, -0.05) is 31.4 Å². The van der Waals surface area contributed by atoms with E-state index in [0.29, 0.717) is 25.0 Å². The van der Waals surface area contributed by atoms with Crippen molar-refractivity contribution < 1.29 is 35.8 Å². The zero-order valence-electron chi connectivity index (χ0n) is 19.6. The van der Waals surface area contributed by atoms with Crippen LogP contribution in [-0.4, -0.2) is 23.6 Å². The van der Waals surface area contributed by atoms with Crippen molar-refractivity contribution in [1.82, 2.24) is 4.98 Å².